The maximum atomic E-state index is 3.86. The summed E-state index contributed by atoms with van der Waals surface area (Å²) in [6, 6.07) is 0. The summed E-state index contributed by atoms with van der Waals surface area (Å²) in [5.74, 6) is 0. The molecule has 0 atom stereocenters. The van der Waals surface area contributed by atoms with E-state index in [1.807, 2.05) is 31.2 Å². The highest BCUT2D eigenvalue weighted by atomic mass is 32.1. The van der Waals surface area contributed by atoms with Crippen LogP contribution in [0.2, 0.25) is 0 Å². The molecule has 0 spiro atoms. The molecular weight excluding hydrogens is 212 g/mol. The Morgan fingerprint density at radius 2 is 1.50 bits per heavy atom. The first kappa shape index (κ1) is 12.5. The lowest BCUT2D eigenvalue weighted by atomic mass is 10.1. The fourth-order valence-electron chi connectivity index (χ4n) is 1.47. The van der Waals surface area contributed by atoms with Gasteiger partial charge in [-0.25, -0.2) is 0 Å². The molecule has 0 unspecified atom stereocenters. The molecule has 0 bridgehead atoms. The van der Waals surface area contributed by atoms with Crippen LogP contribution in [-0.4, -0.2) is 0 Å². The van der Waals surface area contributed by atoms with Gasteiger partial charge in [-0.1, -0.05) is 50.1 Å². The van der Waals surface area contributed by atoms with Crippen LogP contribution in [-0.2, 0) is 0 Å². The Morgan fingerprint density at radius 1 is 0.938 bits per heavy atom. The molecule has 0 aliphatic carbocycles. The third-order valence-corrected chi connectivity index (χ3v) is 3.30. The monoisotopic (exact) mass is 228 g/mol. The Labute approximate surface area is 102 Å². The minimum absolute atomic E-state index is 1.14. The predicted octanol–water partition coefficient (Wildman–Crippen LogP) is 5.27. The summed E-state index contributed by atoms with van der Waals surface area (Å²) in [6.45, 7) is 13.4. The molecule has 82 valence electrons. The second-order valence-corrected chi connectivity index (χ2v) is 4.24. The van der Waals surface area contributed by atoms with E-state index in [9.17, 15) is 0 Å². The Bertz CT molecular complexity index is 456. The van der Waals surface area contributed by atoms with Crippen LogP contribution in [0.1, 0.15) is 27.8 Å². The Morgan fingerprint density at radius 3 is 1.94 bits per heavy atom. The van der Waals surface area contributed by atoms with E-state index >= 15 is 0 Å². The summed E-state index contributed by atoms with van der Waals surface area (Å²) in [4.78, 5) is 2.41. The van der Waals surface area contributed by atoms with Crippen molar-refractivity contribution < 1.29 is 0 Å². The highest BCUT2D eigenvalue weighted by Gasteiger charge is 2.09. The number of allylic oxidation sites excluding steroid dienone is 3. The first-order chi connectivity index (χ1) is 7.78. The van der Waals surface area contributed by atoms with Crippen molar-refractivity contribution in [2.24, 2.45) is 0 Å². The molecule has 0 fully saturated rings. The van der Waals surface area contributed by atoms with Gasteiger partial charge in [0.25, 0.3) is 0 Å². The van der Waals surface area contributed by atoms with Crippen LogP contribution in [0.5, 0.6) is 0 Å². The maximum Gasteiger partial charge on any atom is 0.0355 e. The Hall–Kier alpha value is -1.60. The van der Waals surface area contributed by atoms with Crippen LogP contribution in [0.3, 0.4) is 0 Å². The largest absolute Gasteiger partial charge is 0.135 e. The van der Waals surface area contributed by atoms with Gasteiger partial charge >= 0.3 is 0 Å². The zero-order valence-electron chi connectivity index (χ0n) is 9.57. The molecule has 0 nitrogen and oxygen atoms in total. The molecule has 0 aliphatic heterocycles. The Kier molecular flexibility index (Phi) is 4.74. The van der Waals surface area contributed by atoms with E-state index in [1.165, 1.54) is 9.75 Å². The van der Waals surface area contributed by atoms with Crippen LogP contribution in [0.4, 0.5) is 0 Å². The third kappa shape index (κ3) is 2.50. The Balaban J connectivity index is 3.38. The van der Waals surface area contributed by atoms with E-state index in [4.69, 9.17) is 0 Å². The molecule has 0 saturated carbocycles. The smallest absolute Gasteiger partial charge is 0.0355 e. The van der Waals surface area contributed by atoms with Gasteiger partial charge in [-0.2, -0.15) is 0 Å². The summed E-state index contributed by atoms with van der Waals surface area (Å²) in [5, 5.41) is 0. The van der Waals surface area contributed by atoms with Crippen molar-refractivity contribution in [3.63, 3.8) is 0 Å². The topological polar surface area (TPSA) is 0 Å². The van der Waals surface area contributed by atoms with Gasteiger partial charge in [-0.15, -0.1) is 11.3 Å². The van der Waals surface area contributed by atoms with Crippen LogP contribution in [0.25, 0.3) is 24.3 Å². The molecule has 1 heterocycles. The highest BCUT2D eigenvalue weighted by molar-refractivity contribution is 7.14. The third-order valence-electron chi connectivity index (χ3n) is 2.15. The number of rotatable bonds is 5. The lowest BCUT2D eigenvalue weighted by Gasteiger charge is -1.94. The molecule has 1 aromatic rings. The van der Waals surface area contributed by atoms with Crippen LogP contribution in [0.15, 0.2) is 38.0 Å². The zero-order valence-corrected chi connectivity index (χ0v) is 10.4. The second kappa shape index (κ2) is 6.09. The molecule has 1 heteroatoms. The van der Waals surface area contributed by atoms with Gasteiger partial charge in [0.15, 0.2) is 0 Å². The lowest BCUT2D eigenvalue weighted by molar-refractivity contribution is 1.72. The molecule has 1 aromatic heterocycles. The van der Waals surface area contributed by atoms with Crippen molar-refractivity contribution in [1.29, 1.82) is 0 Å². The number of hydrogen-bond donors (Lipinski definition) is 0. The number of thiophene rings is 1. The van der Waals surface area contributed by atoms with Crippen molar-refractivity contribution in [2.75, 3.05) is 0 Å². The first-order valence-electron chi connectivity index (χ1n) is 5.12. The summed E-state index contributed by atoms with van der Waals surface area (Å²) >= 11 is 1.74. The average Bonchev–Trinajstić information content (AvgIpc) is 2.63. The van der Waals surface area contributed by atoms with E-state index in [-0.39, 0.29) is 0 Å². The van der Waals surface area contributed by atoms with Crippen molar-refractivity contribution in [3.8, 4) is 0 Å². The predicted molar refractivity (Wildman–Crippen MR) is 78.4 cm³/mol. The molecule has 0 aromatic carbocycles. The van der Waals surface area contributed by atoms with Gasteiger partial charge in [0.2, 0.25) is 0 Å². The number of hydrogen-bond acceptors (Lipinski definition) is 1. The van der Waals surface area contributed by atoms with Gasteiger partial charge in [-0.05, 0) is 30.2 Å². The molecular formula is C15H16S. The van der Waals surface area contributed by atoms with Crippen LogP contribution >= 0.6 is 11.3 Å². The molecule has 0 aliphatic rings. The van der Waals surface area contributed by atoms with Crippen LogP contribution in [0, 0.1) is 0 Å². The summed E-state index contributed by atoms with van der Waals surface area (Å²) < 4.78 is 0. The summed E-state index contributed by atoms with van der Waals surface area (Å²) in [7, 11) is 0. The summed E-state index contributed by atoms with van der Waals surface area (Å²) in [5.41, 5.74) is 2.30. The minimum atomic E-state index is 1.14. The van der Waals surface area contributed by atoms with Gasteiger partial charge in [0.1, 0.15) is 0 Å². The molecule has 0 amide bonds. The standard InChI is InChI=1S/C15H16S/c1-5-9-11-15-13(8-4)12(7-3)14(16-15)10-6-2/h5-11H,1,3-4H2,2H3/b10-6-,11-9-. The second-order valence-electron chi connectivity index (χ2n) is 3.16. The molecule has 1 rings (SSSR count). The first-order valence-corrected chi connectivity index (χ1v) is 5.93. The lowest BCUT2D eigenvalue weighted by Crippen LogP contribution is -1.76. The molecule has 0 N–H and O–H groups in total. The fourth-order valence-corrected chi connectivity index (χ4v) is 2.66. The summed E-state index contributed by atoms with van der Waals surface area (Å²) in [6.07, 6.45) is 13.7. The van der Waals surface area contributed by atoms with Gasteiger partial charge in [0.05, 0.1) is 0 Å². The van der Waals surface area contributed by atoms with E-state index in [1.54, 1.807) is 17.4 Å². The van der Waals surface area contributed by atoms with Gasteiger partial charge < -0.3 is 0 Å². The van der Waals surface area contributed by atoms with E-state index in [0.717, 1.165) is 11.1 Å². The van der Waals surface area contributed by atoms with E-state index in [2.05, 4.69) is 31.9 Å². The SMILES string of the molecule is C=C/C=C\c1sc(/C=C\C)c(C=C)c1C=C. The molecule has 0 radical (unpaired) electrons. The van der Waals surface area contributed by atoms with Crippen molar-refractivity contribution in [3.05, 3.63) is 58.8 Å². The van der Waals surface area contributed by atoms with Crippen molar-refractivity contribution >= 4 is 35.6 Å². The fraction of sp³-hybridized carbons (Fsp3) is 0.0667. The van der Waals surface area contributed by atoms with E-state index in [0.29, 0.717) is 0 Å². The molecule has 16 heavy (non-hydrogen) atoms. The van der Waals surface area contributed by atoms with Crippen LogP contribution < -0.4 is 0 Å². The normalized spacial score (nSPS) is 11.1. The maximum absolute atomic E-state index is 3.86. The molecule has 0 saturated heterocycles. The zero-order chi connectivity index (χ0) is 12.0. The highest BCUT2D eigenvalue weighted by Crippen LogP contribution is 2.32. The minimum Gasteiger partial charge on any atom is -0.135 e. The van der Waals surface area contributed by atoms with E-state index < -0.39 is 0 Å². The van der Waals surface area contributed by atoms with Crippen molar-refractivity contribution in [1.82, 2.24) is 0 Å². The van der Waals surface area contributed by atoms with Gasteiger partial charge in [-0.3, -0.25) is 0 Å². The quantitative estimate of drug-likeness (QED) is 0.602. The van der Waals surface area contributed by atoms with Crippen molar-refractivity contribution in [2.45, 2.75) is 6.92 Å². The average molecular weight is 228 g/mol. The van der Waals surface area contributed by atoms with Gasteiger partial charge in [0, 0.05) is 9.75 Å².